The molecule has 1 amide bonds. The molecule has 0 saturated heterocycles. The summed E-state index contributed by atoms with van der Waals surface area (Å²) >= 11 is 0. The van der Waals surface area contributed by atoms with Crippen LogP contribution in [0.3, 0.4) is 0 Å². The van der Waals surface area contributed by atoms with Crippen molar-refractivity contribution in [3.63, 3.8) is 0 Å². The summed E-state index contributed by atoms with van der Waals surface area (Å²) in [5, 5.41) is 6.20. The summed E-state index contributed by atoms with van der Waals surface area (Å²) in [5.41, 5.74) is 2.12. The van der Waals surface area contributed by atoms with Crippen molar-refractivity contribution in [2.45, 2.75) is 25.9 Å². The summed E-state index contributed by atoms with van der Waals surface area (Å²) < 4.78 is 19.0. The zero-order valence-corrected chi connectivity index (χ0v) is 14.5. The third-order valence-corrected chi connectivity index (χ3v) is 4.14. The number of nitrogens with one attached hydrogen (secondary N) is 2. The van der Waals surface area contributed by atoms with Crippen LogP contribution in [0.2, 0.25) is 0 Å². The van der Waals surface area contributed by atoms with Crippen molar-refractivity contribution in [2.24, 2.45) is 0 Å². The van der Waals surface area contributed by atoms with E-state index in [1.807, 2.05) is 43.3 Å². The molecule has 4 nitrogen and oxygen atoms in total. The molecule has 1 atom stereocenters. The topological polar surface area (TPSA) is 54.3 Å². The second-order valence-electron chi connectivity index (χ2n) is 6.12. The number of hydrogen-bond acceptors (Lipinski definition) is 3. The van der Waals surface area contributed by atoms with Gasteiger partial charge in [0.1, 0.15) is 11.6 Å². The van der Waals surface area contributed by atoms with Crippen LogP contribution in [0, 0.1) is 5.82 Å². The van der Waals surface area contributed by atoms with Crippen LogP contribution in [-0.4, -0.2) is 5.91 Å². The molecule has 1 unspecified atom stereocenters. The van der Waals surface area contributed by atoms with Crippen molar-refractivity contribution in [3.05, 3.63) is 89.6 Å². The van der Waals surface area contributed by atoms with Crippen molar-refractivity contribution in [1.29, 1.82) is 0 Å². The molecule has 1 aromatic heterocycles. The summed E-state index contributed by atoms with van der Waals surface area (Å²) in [5.74, 6) is 0.252. The van der Waals surface area contributed by atoms with Crippen molar-refractivity contribution in [2.75, 3.05) is 5.32 Å². The number of rotatable bonds is 7. The average Bonchev–Trinajstić information content (AvgIpc) is 3.15. The minimum Gasteiger partial charge on any atom is -0.468 e. The van der Waals surface area contributed by atoms with Gasteiger partial charge in [-0.2, -0.15) is 0 Å². The fraction of sp³-hybridized carbons (Fsp3) is 0.190. The summed E-state index contributed by atoms with van der Waals surface area (Å²) in [6, 6.07) is 17.8. The van der Waals surface area contributed by atoms with Gasteiger partial charge in [0, 0.05) is 11.7 Å². The minimum atomic E-state index is -0.368. The molecule has 0 aliphatic heterocycles. The van der Waals surface area contributed by atoms with E-state index in [4.69, 9.17) is 4.42 Å². The quantitative estimate of drug-likeness (QED) is 0.660. The predicted octanol–water partition coefficient (Wildman–Crippen LogP) is 4.45. The molecule has 0 saturated carbocycles. The molecule has 2 aromatic carbocycles. The highest BCUT2D eigenvalue weighted by Gasteiger charge is 2.10. The molecule has 0 spiro atoms. The first-order chi connectivity index (χ1) is 12.6. The molecule has 5 heteroatoms. The number of amides is 1. The van der Waals surface area contributed by atoms with Gasteiger partial charge in [-0.05, 0) is 48.4 Å². The first kappa shape index (κ1) is 17.9. The number of benzene rings is 2. The predicted molar refractivity (Wildman–Crippen MR) is 99.1 cm³/mol. The maximum atomic E-state index is 13.7. The van der Waals surface area contributed by atoms with Gasteiger partial charge in [0.15, 0.2) is 0 Å². The van der Waals surface area contributed by atoms with Crippen molar-refractivity contribution in [3.8, 4) is 0 Å². The normalized spacial score (nSPS) is 11.9. The molecule has 26 heavy (non-hydrogen) atoms. The Hall–Kier alpha value is -2.92. The lowest BCUT2D eigenvalue weighted by Crippen LogP contribution is -2.19. The first-order valence-electron chi connectivity index (χ1n) is 8.51. The third-order valence-electron chi connectivity index (χ3n) is 4.14. The summed E-state index contributed by atoms with van der Waals surface area (Å²) in [4.78, 5) is 12.2. The van der Waals surface area contributed by atoms with E-state index in [2.05, 4.69) is 10.6 Å². The molecule has 0 bridgehead atoms. The Morgan fingerprint density at radius 2 is 1.96 bits per heavy atom. The van der Waals surface area contributed by atoms with Gasteiger partial charge < -0.3 is 15.1 Å². The number of halogens is 1. The number of furan rings is 1. The standard InChI is InChI=1S/C21H21FN2O2/c1-15(23-14-19-9-5-11-26-19)16-7-4-8-18(12-16)24-21(25)13-17-6-2-3-10-20(17)22/h2-12,15,23H,13-14H2,1H3,(H,24,25). The van der Waals surface area contributed by atoms with Gasteiger partial charge in [0.05, 0.1) is 19.2 Å². The third kappa shape index (κ3) is 4.80. The monoisotopic (exact) mass is 352 g/mol. The van der Waals surface area contributed by atoms with Gasteiger partial charge in [-0.3, -0.25) is 4.79 Å². The smallest absolute Gasteiger partial charge is 0.228 e. The highest BCUT2D eigenvalue weighted by atomic mass is 19.1. The van der Waals surface area contributed by atoms with E-state index in [0.717, 1.165) is 11.3 Å². The van der Waals surface area contributed by atoms with Crippen molar-refractivity contribution >= 4 is 11.6 Å². The molecular weight excluding hydrogens is 331 g/mol. The molecule has 134 valence electrons. The Morgan fingerprint density at radius 1 is 1.12 bits per heavy atom. The molecule has 3 rings (SSSR count). The second-order valence-corrected chi connectivity index (χ2v) is 6.12. The fourth-order valence-corrected chi connectivity index (χ4v) is 2.69. The molecule has 1 heterocycles. The first-order valence-corrected chi connectivity index (χ1v) is 8.51. The lowest BCUT2D eigenvalue weighted by molar-refractivity contribution is -0.115. The zero-order valence-electron chi connectivity index (χ0n) is 14.5. The summed E-state index contributed by atoms with van der Waals surface area (Å²) in [7, 11) is 0. The molecule has 0 aliphatic rings. The van der Waals surface area contributed by atoms with Crippen LogP contribution >= 0.6 is 0 Å². The van der Waals surface area contributed by atoms with Crippen LogP contribution in [0.15, 0.2) is 71.3 Å². The molecule has 2 N–H and O–H groups in total. The van der Waals surface area contributed by atoms with E-state index in [-0.39, 0.29) is 24.2 Å². The largest absolute Gasteiger partial charge is 0.468 e. The summed E-state index contributed by atoms with van der Waals surface area (Å²) in [6.07, 6.45) is 1.65. The van der Waals surface area contributed by atoms with Gasteiger partial charge in [-0.1, -0.05) is 30.3 Å². The molecule has 0 fully saturated rings. The second kappa shape index (κ2) is 8.45. The van der Waals surface area contributed by atoms with Crippen LogP contribution < -0.4 is 10.6 Å². The van der Waals surface area contributed by atoms with E-state index in [1.54, 1.807) is 24.5 Å². The van der Waals surface area contributed by atoms with Crippen LogP contribution in [-0.2, 0) is 17.8 Å². The lowest BCUT2D eigenvalue weighted by atomic mass is 10.1. The number of carbonyl (C=O) groups excluding carboxylic acids is 1. The number of anilines is 1. The van der Waals surface area contributed by atoms with E-state index in [9.17, 15) is 9.18 Å². The maximum Gasteiger partial charge on any atom is 0.228 e. The van der Waals surface area contributed by atoms with E-state index < -0.39 is 0 Å². The minimum absolute atomic E-state index is 0.00317. The van der Waals surface area contributed by atoms with E-state index in [1.165, 1.54) is 6.07 Å². The molecule has 3 aromatic rings. The Balaban J connectivity index is 1.59. The van der Waals surface area contributed by atoms with Gasteiger partial charge >= 0.3 is 0 Å². The van der Waals surface area contributed by atoms with E-state index >= 15 is 0 Å². The van der Waals surface area contributed by atoms with Gasteiger partial charge in [-0.15, -0.1) is 0 Å². The zero-order chi connectivity index (χ0) is 18.4. The highest BCUT2D eigenvalue weighted by Crippen LogP contribution is 2.18. The molecular formula is C21H21FN2O2. The van der Waals surface area contributed by atoms with Crippen molar-refractivity contribution < 1.29 is 13.6 Å². The van der Waals surface area contributed by atoms with E-state index in [0.29, 0.717) is 17.8 Å². The van der Waals surface area contributed by atoms with Crippen LogP contribution in [0.25, 0.3) is 0 Å². The van der Waals surface area contributed by atoms with Crippen LogP contribution in [0.4, 0.5) is 10.1 Å². The highest BCUT2D eigenvalue weighted by molar-refractivity contribution is 5.92. The Bertz CT molecular complexity index is 862. The Morgan fingerprint density at radius 3 is 2.73 bits per heavy atom. The Labute approximate surface area is 152 Å². The maximum absolute atomic E-state index is 13.7. The summed E-state index contributed by atoms with van der Waals surface area (Å²) in [6.45, 7) is 2.67. The van der Waals surface area contributed by atoms with Crippen LogP contribution in [0.5, 0.6) is 0 Å². The van der Waals surface area contributed by atoms with Gasteiger partial charge in [0.2, 0.25) is 5.91 Å². The fourth-order valence-electron chi connectivity index (χ4n) is 2.69. The Kier molecular flexibility index (Phi) is 5.81. The molecule has 0 aliphatic carbocycles. The van der Waals surface area contributed by atoms with Crippen LogP contribution in [0.1, 0.15) is 29.9 Å². The average molecular weight is 352 g/mol. The SMILES string of the molecule is CC(NCc1ccco1)c1cccc(NC(=O)Cc2ccccc2F)c1. The number of hydrogen-bond donors (Lipinski definition) is 2. The number of carbonyl (C=O) groups is 1. The van der Waals surface area contributed by atoms with Crippen molar-refractivity contribution in [1.82, 2.24) is 5.32 Å². The molecule has 0 radical (unpaired) electrons. The van der Waals surface area contributed by atoms with Gasteiger partial charge in [-0.25, -0.2) is 4.39 Å². The van der Waals surface area contributed by atoms with Gasteiger partial charge in [0.25, 0.3) is 0 Å². The lowest BCUT2D eigenvalue weighted by Gasteiger charge is -2.15.